The molecule has 0 bridgehead atoms. The number of rotatable bonds is 9. The lowest BCUT2D eigenvalue weighted by Gasteiger charge is -2.28. The number of benzene rings is 1. The SMILES string of the molecule is CNC(CCN(CCO)C(C)C)c1c(F)cccc1OC. The summed E-state index contributed by atoms with van der Waals surface area (Å²) in [5.41, 5.74) is 0.565. The first-order chi connectivity index (χ1) is 10.0. The average molecular weight is 298 g/mol. The van der Waals surface area contributed by atoms with Gasteiger partial charge in [-0.3, -0.25) is 4.90 Å². The summed E-state index contributed by atoms with van der Waals surface area (Å²) in [5.74, 6) is 0.305. The van der Waals surface area contributed by atoms with Crippen molar-refractivity contribution in [2.75, 3.05) is 33.9 Å². The van der Waals surface area contributed by atoms with E-state index in [0.29, 0.717) is 23.9 Å². The predicted molar refractivity (Wildman–Crippen MR) is 83.2 cm³/mol. The van der Waals surface area contributed by atoms with Crippen LogP contribution in [-0.4, -0.2) is 49.9 Å². The summed E-state index contributed by atoms with van der Waals surface area (Å²) in [5, 5.41) is 12.3. The summed E-state index contributed by atoms with van der Waals surface area (Å²) in [6.07, 6.45) is 0.742. The zero-order valence-corrected chi connectivity index (χ0v) is 13.4. The van der Waals surface area contributed by atoms with Crippen molar-refractivity contribution in [2.24, 2.45) is 0 Å². The van der Waals surface area contributed by atoms with E-state index in [0.717, 1.165) is 13.0 Å². The van der Waals surface area contributed by atoms with E-state index < -0.39 is 0 Å². The molecule has 5 heteroatoms. The van der Waals surface area contributed by atoms with Crippen molar-refractivity contribution in [1.82, 2.24) is 10.2 Å². The van der Waals surface area contributed by atoms with Crippen LogP contribution in [0, 0.1) is 5.82 Å². The van der Waals surface area contributed by atoms with Crippen molar-refractivity contribution >= 4 is 0 Å². The van der Waals surface area contributed by atoms with Crippen molar-refractivity contribution in [1.29, 1.82) is 0 Å². The van der Waals surface area contributed by atoms with Gasteiger partial charge in [-0.25, -0.2) is 4.39 Å². The largest absolute Gasteiger partial charge is 0.496 e. The number of aliphatic hydroxyl groups is 1. The van der Waals surface area contributed by atoms with E-state index in [1.807, 2.05) is 7.05 Å². The lowest BCUT2D eigenvalue weighted by molar-refractivity contribution is 0.159. The van der Waals surface area contributed by atoms with E-state index in [4.69, 9.17) is 9.84 Å². The van der Waals surface area contributed by atoms with Crippen LogP contribution in [-0.2, 0) is 0 Å². The van der Waals surface area contributed by atoms with E-state index in [-0.39, 0.29) is 18.5 Å². The Morgan fingerprint density at radius 1 is 1.33 bits per heavy atom. The van der Waals surface area contributed by atoms with Gasteiger partial charge in [0.2, 0.25) is 0 Å². The predicted octanol–water partition coefficient (Wildman–Crippen LogP) is 2.19. The Bertz CT molecular complexity index is 427. The van der Waals surface area contributed by atoms with Crippen LogP contribution in [0.5, 0.6) is 5.75 Å². The van der Waals surface area contributed by atoms with Gasteiger partial charge in [-0.15, -0.1) is 0 Å². The number of hydrogen-bond acceptors (Lipinski definition) is 4. The Balaban J connectivity index is 2.84. The van der Waals surface area contributed by atoms with Gasteiger partial charge in [0.05, 0.1) is 13.7 Å². The molecular formula is C16H27FN2O2. The molecule has 0 aliphatic heterocycles. The number of hydrogen-bond donors (Lipinski definition) is 2. The van der Waals surface area contributed by atoms with Gasteiger partial charge in [-0.2, -0.15) is 0 Å². The summed E-state index contributed by atoms with van der Waals surface area (Å²) >= 11 is 0. The molecule has 0 aromatic heterocycles. The van der Waals surface area contributed by atoms with Gasteiger partial charge in [-0.1, -0.05) is 6.07 Å². The molecule has 0 spiro atoms. The number of nitrogens with zero attached hydrogens (tertiary/aromatic N) is 1. The smallest absolute Gasteiger partial charge is 0.131 e. The Morgan fingerprint density at radius 2 is 2.05 bits per heavy atom. The van der Waals surface area contributed by atoms with Gasteiger partial charge >= 0.3 is 0 Å². The summed E-state index contributed by atoms with van der Waals surface area (Å²) in [7, 11) is 3.37. The molecule has 1 aromatic rings. The molecule has 0 aliphatic carbocycles. The van der Waals surface area contributed by atoms with Crippen LogP contribution in [0.4, 0.5) is 4.39 Å². The minimum absolute atomic E-state index is 0.124. The van der Waals surface area contributed by atoms with Crippen molar-refractivity contribution in [3.05, 3.63) is 29.6 Å². The monoisotopic (exact) mass is 298 g/mol. The topological polar surface area (TPSA) is 44.7 Å². The van der Waals surface area contributed by atoms with Crippen molar-refractivity contribution < 1.29 is 14.2 Å². The maximum Gasteiger partial charge on any atom is 0.131 e. The second kappa shape index (κ2) is 8.97. The molecule has 0 heterocycles. The Labute approximate surface area is 126 Å². The summed E-state index contributed by atoms with van der Waals surface area (Å²) in [4.78, 5) is 2.18. The summed E-state index contributed by atoms with van der Waals surface area (Å²) in [6, 6.07) is 5.10. The van der Waals surface area contributed by atoms with Crippen molar-refractivity contribution in [3.63, 3.8) is 0 Å². The highest BCUT2D eigenvalue weighted by Crippen LogP contribution is 2.29. The number of methoxy groups -OCH3 is 1. The van der Waals surface area contributed by atoms with Crippen LogP contribution in [0.25, 0.3) is 0 Å². The normalized spacial score (nSPS) is 13.0. The van der Waals surface area contributed by atoms with Gasteiger partial charge in [-0.05, 0) is 39.4 Å². The summed E-state index contributed by atoms with van der Waals surface area (Å²) in [6.45, 7) is 5.72. The lowest BCUT2D eigenvalue weighted by atomic mass is 10.0. The minimum Gasteiger partial charge on any atom is -0.496 e. The zero-order valence-electron chi connectivity index (χ0n) is 13.4. The van der Waals surface area contributed by atoms with Crippen molar-refractivity contribution in [2.45, 2.75) is 32.4 Å². The highest BCUT2D eigenvalue weighted by Gasteiger charge is 2.20. The Morgan fingerprint density at radius 3 is 2.57 bits per heavy atom. The molecule has 2 N–H and O–H groups in total. The molecule has 0 radical (unpaired) electrons. The molecule has 0 saturated carbocycles. The third kappa shape index (κ3) is 4.95. The standard InChI is InChI=1S/C16H27FN2O2/c1-12(2)19(10-11-20)9-8-14(18-3)16-13(17)6-5-7-15(16)21-4/h5-7,12,14,18,20H,8-11H2,1-4H3. The fraction of sp³-hybridized carbons (Fsp3) is 0.625. The van der Waals surface area contributed by atoms with Crippen LogP contribution < -0.4 is 10.1 Å². The molecular weight excluding hydrogens is 271 g/mol. The van der Waals surface area contributed by atoms with Crippen LogP contribution in [0.3, 0.4) is 0 Å². The first kappa shape index (κ1) is 17.9. The van der Waals surface area contributed by atoms with E-state index >= 15 is 0 Å². The van der Waals surface area contributed by atoms with Crippen LogP contribution >= 0.6 is 0 Å². The highest BCUT2D eigenvalue weighted by atomic mass is 19.1. The van der Waals surface area contributed by atoms with Gasteiger partial charge in [0.1, 0.15) is 11.6 Å². The fourth-order valence-electron chi connectivity index (χ4n) is 2.52. The third-order valence-electron chi connectivity index (χ3n) is 3.75. The van der Waals surface area contributed by atoms with Crippen molar-refractivity contribution in [3.8, 4) is 5.75 Å². The minimum atomic E-state index is -0.257. The van der Waals surface area contributed by atoms with Gasteiger partial charge < -0.3 is 15.2 Å². The molecule has 1 atom stereocenters. The van der Waals surface area contributed by atoms with Gasteiger partial charge in [0.15, 0.2) is 0 Å². The molecule has 1 aromatic carbocycles. The molecule has 1 rings (SSSR count). The van der Waals surface area contributed by atoms with Crippen LogP contribution in [0.1, 0.15) is 31.9 Å². The zero-order chi connectivity index (χ0) is 15.8. The molecule has 0 saturated heterocycles. The first-order valence-electron chi connectivity index (χ1n) is 7.39. The number of nitrogens with one attached hydrogen (secondary N) is 1. The van der Waals surface area contributed by atoms with Crippen LogP contribution in [0.15, 0.2) is 18.2 Å². The third-order valence-corrected chi connectivity index (χ3v) is 3.75. The maximum absolute atomic E-state index is 14.1. The van der Waals surface area contributed by atoms with E-state index in [1.54, 1.807) is 19.2 Å². The van der Waals surface area contributed by atoms with Gasteiger partial charge in [0.25, 0.3) is 0 Å². The first-order valence-corrected chi connectivity index (χ1v) is 7.39. The lowest BCUT2D eigenvalue weighted by Crippen LogP contribution is -2.36. The summed E-state index contributed by atoms with van der Waals surface area (Å²) < 4.78 is 19.4. The molecule has 0 amide bonds. The number of aliphatic hydroxyl groups excluding tert-OH is 1. The van der Waals surface area contributed by atoms with E-state index in [1.165, 1.54) is 6.07 Å². The molecule has 120 valence electrons. The fourth-order valence-corrected chi connectivity index (χ4v) is 2.52. The maximum atomic E-state index is 14.1. The van der Waals surface area contributed by atoms with E-state index in [9.17, 15) is 4.39 Å². The quantitative estimate of drug-likeness (QED) is 0.733. The molecule has 0 fully saturated rings. The Hall–Kier alpha value is -1.17. The highest BCUT2D eigenvalue weighted by molar-refractivity contribution is 5.37. The van der Waals surface area contributed by atoms with E-state index in [2.05, 4.69) is 24.1 Å². The second-order valence-electron chi connectivity index (χ2n) is 5.34. The number of halogens is 1. The van der Waals surface area contributed by atoms with Gasteiger partial charge in [0, 0.05) is 30.7 Å². The number of ether oxygens (including phenoxy) is 1. The second-order valence-corrected chi connectivity index (χ2v) is 5.34. The Kier molecular flexibility index (Phi) is 7.64. The average Bonchev–Trinajstić information content (AvgIpc) is 2.47. The molecule has 4 nitrogen and oxygen atoms in total. The molecule has 1 unspecified atom stereocenters. The van der Waals surface area contributed by atoms with Crippen LogP contribution in [0.2, 0.25) is 0 Å². The molecule has 21 heavy (non-hydrogen) atoms. The molecule has 0 aliphatic rings.